The molecule has 1 aliphatic heterocycles. The summed E-state index contributed by atoms with van der Waals surface area (Å²) in [6.07, 6.45) is 1.99. The van der Waals surface area contributed by atoms with Crippen LogP contribution in [0.5, 0.6) is 0 Å². The lowest BCUT2D eigenvalue weighted by Crippen LogP contribution is -2.36. The summed E-state index contributed by atoms with van der Waals surface area (Å²) in [7, 11) is -3.38. The molecule has 0 fully saturated rings. The number of fused-ring (bicyclic) bond motifs is 1. The van der Waals surface area contributed by atoms with E-state index in [1.165, 1.54) is 5.56 Å². The molecule has 0 spiro atoms. The van der Waals surface area contributed by atoms with Gasteiger partial charge in [-0.1, -0.05) is 31.2 Å². The zero-order valence-electron chi connectivity index (χ0n) is 13.7. The van der Waals surface area contributed by atoms with Gasteiger partial charge in [-0.3, -0.25) is 9.52 Å². The smallest absolute Gasteiger partial charge is 0.258 e. The van der Waals surface area contributed by atoms with Gasteiger partial charge >= 0.3 is 0 Å². The zero-order valence-corrected chi connectivity index (χ0v) is 14.5. The molecular formula is C18H20N2O3S. The minimum absolute atomic E-state index is 0.119. The predicted octanol–water partition coefficient (Wildman–Crippen LogP) is 3.21. The number of carbonyl (C=O) groups is 1. The van der Waals surface area contributed by atoms with Crippen molar-refractivity contribution >= 4 is 27.3 Å². The largest absolute Gasteiger partial charge is 0.308 e. The molecule has 0 unspecified atom stereocenters. The topological polar surface area (TPSA) is 66.5 Å². The van der Waals surface area contributed by atoms with Crippen LogP contribution in [0.4, 0.5) is 11.4 Å². The van der Waals surface area contributed by atoms with Crippen LogP contribution >= 0.6 is 0 Å². The molecule has 1 atom stereocenters. The molecule has 0 bridgehead atoms. The van der Waals surface area contributed by atoms with Crippen LogP contribution < -0.4 is 9.62 Å². The number of nitrogens with one attached hydrogen (secondary N) is 1. The van der Waals surface area contributed by atoms with Crippen LogP contribution in [-0.4, -0.2) is 27.1 Å². The summed E-state index contributed by atoms with van der Waals surface area (Å²) in [4.78, 5) is 14.7. The van der Waals surface area contributed by atoms with Gasteiger partial charge in [-0.2, -0.15) is 0 Å². The van der Waals surface area contributed by atoms with Crippen molar-refractivity contribution in [3.05, 3.63) is 59.7 Å². The average Bonchev–Trinajstić information content (AvgIpc) is 2.53. The van der Waals surface area contributed by atoms with E-state index in [2.05, 4.69) is 17.7 Å². The highest BCUT2D eigenvalue weighted by molar-refractivity contribution is 7.92. The van der Waals surface area contributed by atoms with Gasteiger partial charge in [0.15, 0.2) is 0 Å². The van der Waals surface area contributed by atoms with Gasteiger partial charge in [0.05, 0.1) is 6.26 Å². The van der Waals surface area contributed by atoms with E-state index >= 15 is 0 Å². The van der Waals surface area contributed by atoms with Crippen LogP contribution in [0, 0.1) is 0 Å². The van der Waals surface area contributed by atoms with E-state index in [9.17, 15) is 13.2 Å². The first-order valence-electron chi connectivity index (χ1n) is 7.84. The maximum Gasteiger partial charge on any atom is 0.258 e. The van der Waals surface area contributed by atoms with Gasteiger partial charge in [-0.05, 0) is 42.2 Å². The first-order chi connectivity index (χ1) is 11.3. The van der Waals surface area contributed by atoms with Crippen LogP contribution in [0.3, 0.4) is 0 Å². The van der Waals surface area contributed by atoms with E-state index in [0.29, 0.717) is 23.7 Å². The summed E-state index contributed by atoms with van der Waals surface area (Å²) < 4.78 is 25.2. The Balaban J connectivity index is 1.93. The molecule has 0 saturated heterocycles. The fraction of sp³-hybridized carbons (Fsp3) is 0.278. The third-order valence-corrected chi connectivity index (χ3v) is 4.81. The number of anilines is 2. The Bertz CT molecular complexity index is 877. The third-order valence-electron chi connectivity index (χ3n) is 4.20. The van der Waals surface area contributed by atoms with Crippen molar-refractivity contribution in [1.82, 2.24) is 0 Å². The lowest BCUT2D eigenvalue weighted by atomic mass is 9.91. The van der Waals surface area contributed by atoms with Gasteiger partial charge < -0.3 is 4.90 Å². The van der Waals surface area contributed by atoms with Gasteiger partial charge in [0.1, 0.15) is 0 Å². The van der Waals surface area contributed by atoms with Crippen molar-refractivity contribution in [3.8, 4) is 0 Å². The molecule has 0 aliphatic carbocycles. The standard InChI is InChI=1S/C18H20N2O3S/c1-13-10-11-20(17-9-4-3-8-16(13)17)18(21)14-6-5-7-15(12-14)19-24(2,22)23/h3-9,12-13,19H,10-11H2,1-2H3/t13-/m1/s1. The molecule has 1 heterocycles. The number of para-hydroxylation sites is 1. The second kappa shape index (κ2) is 6.28. The van der Waals surface area contributed by atoms with Crippen molar-refractivity contribution in [2.24, 2.45) is 0 Å². The summed E-state index contributed by atoms with van der Waals surface area (Å²) in [6.45, 7) is 2.82. The fourth-order valence-electron chi connectivity index (χ4n) is 3.05. The van der Waals surface area contributed by atoms with E-state index < -0.39 is 10.0 Å². The van der Waals surface area contributed by atoms with Crippen LogP contribution in [0.1, 0.15) is 35.2 Å². The first kappa shape index (κ1) is 16.5. The molecule has 24 heavy (non-hydrogen) atoms. The molecule has 2 aromatic rings. The molecule has 0 radical (unpaired) electrons. The van der Waals surface area contributed by atoms with Crippen molar-refractivity contribution in [2.45, 2.75) is 19.3 Å². The molecule has 1 amide bonds. The maximum atomic E-state index is 12.9. The highest BCUT2D eigenvalue weighted by atomic mass is 32.2. The molecule has 5 nitrogen and oxygen atoms in total. The molecule has 126 valence electrons. The molecule has 1 aliphatic rings. The number of carbonyl (C=O) groups excluding carboxylic acids is 1. The monoisotopic (exact) mass is 344 g/mol. The molecule has 6 heteroatoms. The SMILES string of the molecule is C[C@@H]1CCN(C(=O)c2cccc(NS(C)(=O)=O)c2)c2ccccc21. The summed E-state index contributed by atoms with van der Waals surface area (Å²) >= 11 is 0. The lowest BCUT2D eigenvalue weighted by Gasteiger charge is -2.33. The van der Waals surface area contributed by atoms with Crippen molar-refractivity contribution in [1.29, 1.82) is 0 Å². The lowest BCUT2D eigenvalue weighted by molar-refractivity contribution is 0.0984. The number of hydrogen-bond donors (Lipinski definition) is 1. The van der Waals surface area contributed by atoms with Gasteiger partial charge in [0.2, 0.25) is 10.0 Å². The Hall–Kier alpha value is -2.34. The average molecular weight is 344 g/mol. The van der Waals surface area contributed by atoms with Crippen LogP contribution in [0.25, 0.3) is 0 Å². The summed E-state index contributed by atoms with van der Waals surface area (Å²) in [5.74, 6) is 0.301. The van der Waals surface area contributed by atoms with Crippen LogP contribution in [0.15, 0.2) is 48.5 Å². The van der Waals surface area contributed by atoms with Gasteiger partial charge in [0, 0.05) is 23.5 Å². The molecule has 3 rings (SSSR count). The normalized spacial score (nSPS) is 17.2. The fourth-order valence-corrected chi connectivity index (χ4v) is 3.60. The molecule has 2 aromatic carbocycles. The number of sulfonamides is 1. The van der Waals surface area contributed by atoms with Crippen molar-refractivity contribution in [2.75, 3.05) is 22.4 Å². The minimum Gasteiger partial charge on any atom is -0.308 e. The predicted molar refractivity (Wildman–Crippen MR) is 96.1 cm³/mol. The highest BCUT2D eigenvalue weighted by Gasteiger charge is 2.26. The number of benzene rings is 2. The number of amides is 1. The number of rotatable bonds is 3. The summed E-state index contributed by atoms with van der Waals surface area (Å²) in [5.41, 5.74) is 2.96. The Morgan fingerprint density at radius 1 is 1.17 bits per heavy atom. The van der Waals surface area contributed by atoms with E-state index in [0.717, 1.165) is 18.4 Å². The van der Waals surface area contributed by atoms with Crippen molar-refractivity contribution in [3.63, 3.8) is 0 Å². The second-order valence-electron chi connectivity index (χ2n) is 6.16. The van der Waals surface area contributed by atoms with Crippen LogP contribution in [-0.2, 0) is 10.0 Å². The Kier molecular flexibility index (Phi) is 4.32. The van der Waals surface area contributed by atoms with Gasteiger partial charge in [0.25, 0.3) is 5.91 Å². The van der Waals surface area contributed by atoms with E-state index in [1.54, 1.807) is 29.2 Å². The number of nitrogens with zero attached hydrogens (tertiary/aromatic N) is 1. The summed E-state index contributed by atoms with van der Waals surface area (Å²) in [6, 6.07) is 14.5. The zero-order chi connectivity index (χ0) is 17.3. The molecule has 1 N–H and O–H groups in total. The van der Waals surface area contributed by atoms with E-state index in [1.807, 2.05) is 18.2 Å². The highest BCUT2D eigenvalue weighted by Crippen LogP contribution is 2.35. The number of hydrogen-bond acceptors (Lipinski definition) is 3. The van der Waals surface area contributed by atoms with Crippen molar-refractivity contribution < 1.29 is 13.2 Å². The van der Waals surface area contributed by atoms with Gasteiger partial charge in [-0.15, -0.1) is 0 Å². The Labute approximate surface area is 142 Å². The van der Waals surface area contributed by atoms with Gasteiger partial charge in [-0.25, -0.2) is 8.42 Å². The molecule has 0 aromatic heterocycles. The second-order valence-corrected chi connectivity index (χ2v) is 7.91. The Morgan fingerprint density at radius 2 is 1.92 bits per heavy atom. The quantitative estimate of drug-likeness (QED) is 0.930. The van der Waals surface area contributed by atoms with E-state index in [-0.39, 0.29) is 5.91 Å². The van der Waals surface area contributed by atoms with Crippen LogP contribution in [0.2, 0.25) is 0 Å². The third kappa shape index (κ3) is 3.43. The minimum atomic E-state index is -3.38. The summed E-state index contributed by atoms with van der Waals surface area (Å²) in [5, 5.41) is 0. The molecular weight excluding hydrogens is 324 g/mol. The Morgan fingerprint density at radius 3 is 2.67 bits per heavy atom. The first-order valence-corrected chi connectivity index (χ1v) is 9.73. The maximum absolute atomic E-state index is 12.9. The molecule has 0 saturated carbocycles. The van der Waals surface area contributed by atoms with E-state index in [4.69, 9.17) is 0 Å².